The minimum Gasteiger partial charge on any atom is -0.495 e. The number of hydrogen-bond donors (Lipinski definition) is 1. The molecule has 1 aromatic heterocycles. The zero-order chi connectivity index (χ0) is 18.0. The first-order chi connectivity index (χ1) is 12.0. The van der Waals surface area contributed by atoms with Gasteiger partial charge in [-0.15, -0.1) is 0 Å². The molecule has 1 heterocycles. The van der Waals surface area contributed by atoms with Crippen molar-refractivity contribution in [1.82, 2.24) is 9.62 Å². The molecule has 1 saturated carbocycles. The van der Waals surface area contributed by atoms with E-state index in [-0.39, 0.29) is 22.6 Å². The van der Waals surface area contributed by atoms with Crippen molar-refractivity contribution in [1.29, 1.82) is 0 Å². The minimum atomic E-state index is -3.72. The van der Waals surface area contributed by atoms with Crippen LogP contribution in [0, 0.1) is 0 Å². The van der Waals surface area contributed by atoms with E-state index in [1.54, 1.807) is 17.4 Å². The second kappa shape index (κ2) is 7.15. The van der Waals surface area contributed by atoms with Gasteiger partial charge in [-0.3, -0.25) is 4.79 Å². The van der Waals surface area contributed by atoms with Crippen LogP contribution in [0.3, 0.4) is 0 Å². The summed E-state index contributed by atoms with van der Waals surface area (Å²) < 4.78 is 31.8. The van der Waals surface area contributed by atoms with Gasteiger partial charge >= 0.3 is 0 Å². The van der Waals surface area contributed by atoms with Crippen LogP contribution in [0.25, 0.3) is 0 Å². The average Bonchev–Trinajstić information content (AvgIpc) is 3.34. The minimum absolute atomic E-state index is 0.0327. The Morgan fingerprint density at radius 2 is 2.12 bits per heavy atom. The fourth-order valence-electron chi connectivity index (χ4n) is 2.63. The molecule has 134 valence electrons. The van der Waals surface area contributed by atoms with Gasteiger partial charge in [0.25, 0.3) is 5.91 Å². The molecule has 1 aliphatic carbocycles. The highest BCUT2D eigenvalue weighted by Crippen LogP contribution is 2.32. The molecular formula is C17H20N2O4S2. The van der Waals surface area contributed by atoms with Gasteiger partial charge in [0.1, 0.15) is 10.6 Å². The van der Waals surface area contributed by atoms with Crippen LogP contribution >= 0.6 is 11.3 Å². The summed E-state index contributed by atoms with van der Waals surface area (Å²) >= 11 is 1.59. The molecule has 0 saturated heterocycles. The van der Waals surface area contributed by atoms with Crippen LogP contribution in [0.2, 0.25) is 0 Å². The van der Waals surface area contributed by atoms with Gasteiger partial charge in [0.15, 0.2) is 0 Å². The van der Waals surface area contributed by atoms with Gasteiger partial charge in [-0.25, -0.2) is 13.1 Å². The van der Waals surface area contributed by atoms with Gasteiger partial charge in [0.05, 0.1) is 7.11 Å². The molecule has 1 aromatic carbocycles. The van der Waals surface area contributed by atoms with Crippen LogP contribution in [0.5, 0.6) is 5.75 Å². The van der Waals surface area contributed by atoms with E-state index in [0.717, 1.165) is 18.4 Å². The number of rotatable bonds is 7. The number of amides is 1. The Hall–Kier alpha value is -1.90. The predicted molar refractivity (Wildman–Crippen MR) is 96.5 cm³/mol. The number of hydrogen-bond acceptors (Lipinski definition) is 5. The van der Waals surface area contributed by atoms with Gasteiger partial charge in [-0.05, 0) is 60.5 Å². The lowest BCUT2D eigenvalue weighted by atomic mass is 10.1. The van der Waals surface area contributed by atoms with E-state index in [2.05, 4.69) is 4.72 Å². The summed E-state index contributed by atoms with van der Waals surface area (Å²) in [7, 11) is -0.990. The van der Waals surface area contributed by atoms with Crippen molar-refractivity contribution < 1.29 is 17.9 Å². The third-order valence-electron chi connectivity index (χ3n) is 4.15. The molecular weight excluding hydrogens is 360 g/mol. The molecule has 0 spiro atoms. The molecule has 2 aromatic rings. The molecule has 1 aliphatic rings. The summed E-state index contributed by atoms with van der Waals surface area (Å²) in [5.74, 6) is 0.0469. The first-order valence-corrected chi connectivity index (χ1v) is 10.3. The highest BCUT2D eigenvalue weighted by Gasteiger charge is 2.33. The number of sulfonamides is 1. The van der Waals surface area contributed by atoms with E-state index in [0.29, 0.717) is 12.1 Å². The number of thiophene rings is 1. The zero-order valence-corrected chi connectivity index (χ0v) is 15.7. The predicted octanol–water partition coefficient (Wildman–Crippen LogP) is 2.47. The monoisotopic (exact) mass is 380 g/mol. The summed E-state index contributed by atoms with van der Waals surface area (Å²) in [5.41, 5.74) is 1.43. The van der Waals surface area contributed by atoms with E-state index in [1.165, 1.54) is 26.3 Å². The van der Waals surface area contributed by atoms with Gasteiger partial charge < -0.3 is 9.64 Å². The van der Waals surface area contributed by atoms with E-state index < -0.39 is 10.0 Å². The number of benzene rings is 1. The molecule has 0 unspecified atom stereocenters. The van der Waals surface area contributed by atoms with Crippen molar-refractivity contribution in [3.63, 3.8) is 0 Å². The van der Waals surface area contributed by atoms with Crippen LogP contribution in [0.4, 0.5) is 0 Å². The van der Waals surface area contributed by atoms with Crippen LogP contribution in [-0.4, -0.2) is 39.4 Å². The van der Waals surface area contributed by atoms with Crippen molar-refractivity contribution in [2.45, 2.75) is 30.3 Å². The number of nitrogens with one attached hydrogen (secondary N) is 1. The van der Waals surface area contributed by atoms with Gasteiger partial charge in [-0.1, -0.05) is 0 Å². The Morgan fingerprint density at radius 1 is 1.36 bits per heavy atom. The van der Waals surface area contributed by atoms with Crippen LogP contribution in [0.1, 0.15) is 28.8 Å². The lowest BCUT2D eigenvalue weighted by Gasteiger charge is -2.22. The molecule has 1 amide bonds. The number of methoxy groups -OCH3 is 1. The van der Waals surface area contributed by atoms with Crippen molar-refractivity contribution in [2.75, 3.05) is 14.2 Å². The largest absolute Gasteiger partial charge is 0.495 e. The number of nitrogens with zero attached hydrogens (tertiary/aromatic N) is 1. The van der Waals surface area contributed by atoms with Gasteiger partial charge in [0.2, 0.25) is 10.0 Å². The van der Waals surface area contributed by atoms with Crippen LogP contribution < -0.4 is 9.46 Å². The Bertz CT molecular complexity index is 859. The normalized spacial score (nSPS) is 14.3. The molecule has 0 radical (unpaired) electrons. The Balaban J connectivity index is 1.94. The number of carbonyl (C=O) groups is 1. The smallest absolute Gasteiger partial charge is 0.254 e. The van der Waals surface area contributed by atoms with E-state index in [9.17, 15) is 13.2 Å². The fraction of sp³-hybridized carbons (Fsp3) is 0.353. The van der Waals surface area contributed by atoms with Gasteiger partial charge in [0, 0.05) is 18.2 Å². The third kappa shape index (κ3) is 3.86. The molecule has 6 nitrogen and oxygen atoms in total. The SMILES string of the molecule is CNS(=O)(=O)c1cc(C(=O)N(Cc2ccsc2)C2CC2)ccc1OC. The fourth-order valence-corrected chi connectivity index (χ4v) is 4.21. The molecule has 1 fully saturated rings. The van der Waals surface area contributed by atoms with Crippen molar-refractivity contribution in [3.8, 4) is 5.75 Å². The first kappa shape index (κ1) is 17.9. The van der Waals surface area contributed by atoms with Crippen molar-refractivity contribution in [2.24, 2.45) is 0 Å². The third-order valence-corrected chi connectivity index (χ3v) is 6.32. The van der Waals surface area contributed by atoms with Crippen molar-refractivity contribution >= 4 is 27.3 Å². The maximum absolute atomic E-state index is 13.0. The molecule has 0 atom stereocenters. The van der Waals surface area contributed by atoms with E-state index in [1.807, 2.05) is 21.7 Å². The summed E-state index contributed by atoms with van der Waals surface area (Å²) in [6, 6.07) is 6.74. The Kier molecular flexibility index (Phi) is 5.12. The van der Waals surface area contributed by atoms with Crippen LogP contribution in [-0.2, 0) is 16.6 Å². The summed E-state index contributed by atoms with van der Waals surface area (Å²) in [6.07, 6.45) is 1.96. The molecule has 25 heavy (non-hydrogen) atoms. The standard InChI is InChI=1S/C17H20N2O4S2/c1-18-25(21,22)16-9-13(3-6-15(16)23-2)17(20)19(14-4-5-14)10-12-7-8-24-11-12/h3,6-9,11,14,18H,4-5,10H2,1-2H3. The summed E-state index contributed by atoms with van der Waals surface area (Å²) in [5, 5.41) is 4.00. The molecule has 0 aliphatic heterocycles. The first-order valence-electron chi connectivity index (χ1n) is 7.90. The number of ether oxygens (including phenoxy) is 1. The molecule has 3 rings (SSSR count). The highest BCUT2D eigenvalue weighted by molar-refractivity contribution is 7.89. The van der Waals surface area contributed by atoms with Gasteiger partial charge in [-0.2, -0.15) is 11.3 Å². The van der Waals surface area contributed by atoms with E-state index in [4.69, 9.17) is 4.74 Å². The molecule has 0 bridgehead atoms. The zero-order valence-electron chi connectivity index (χ0n) is 14.1. The van der Waals surface area contributed by atoms with Crippen molar-refractivity contribution in [3.05, 3.63) is 46.2 Å². The maximum Gasteiger partial charge on any atom is 0.254 e. The average molecular weight is 380 g/mol. The second-order valence-corrected chi connectivity index (χ2v) is 8.50. The quantitative estimate of drug-likeness (QED) is 0.801. The lowest BCUT2D eigenvalue weighted by Crippen LogP contribution is -2.32. The topological polar surface area (TPSA) is 75.7 Å². The molecule has 1 N–H and O–H groups in total. The number of carbonyl (C=O) groups excluding carboxylic acids is 1. The highest BCUT2D eigenvalue weighted by atomic mass is 32.2. The summed E-state index contributed by atoms with van der Waals surface area (Å²) in [4.78, 5) is 14.8. The Morgan fingerprint density at radius 3 is 2.68 bits per heavy atom. The lowest BCUT2D eigenvalue weighted by molar-refractivity contribution is 0.0730. The summed E-state index contributed by atoms with van der Waals surface area (Å²) in [6.45, 7) is 0.535. The molecule has 8 heteroatoms. The maximum atomic E-state index is 13.0. The van der Waals surface area contributed by atoms with E-state index >= 15 is 0 Å². The second-order valence-electron chi connectivity index (χ2n) is 5.87. The Labute approximate surface area is 151 Å². The van der Waals surface area contributed by atoms with Crippen LogP contribution in [0.15, 0.2) is 39.9 Å².